The largest absolute Gasteiger partial charge is 0.0876 e. The summed E-state index contributed by atoms with van der Waals surface area (Å²) >= 11 is 3.46. The van der Waals surface area contributed by atoms with Crippen LogP contribution in [0.4, 0.5) is 0 Å². The average molecular weight is 275 g/mol. The molecule has 0 aliphatic rings. The Balaban J connectivity index is 2.38. The van der Waals surface area contributed by atoms with E-state index in [1.165, 1.54) is 27.8 Å². The van der Waals surface area contributed by atoms with Crippen LogP contribution in [-0.4, -0.2) is 0 Å². The smallest absolute Gasteiger partial charge is 0.0283 e. The quantitative estimate of drug-likeness (QED) is 0.686. The lowest BCUT2D eigenvalue weighted by Gasteiger charge is -2.06. The summed E-state index contributed by atoms with van der Waals surface area (Å²) in [5.74, 6) is 0. The molecule has 0 spiro atoms. The molecule has 2 aromatic rings. The molecule has 0 radical (unpaired) electrons. The van der Waals surface area contributed by atoms with Gasteiger partial charge in [-0.3, -0.25) is 0 Å². The van der Waals surface area contributed by atoms with Crippen LogP contribution in [0.3, 0.4) is 0 Å². The zero-order valence-electron chi connectivity index (χ0n) is 9.63. The molecule has 16 heavy (non-hydrogen) atoms. The van der Waals surface area contributed by atoms with Gasteiger partial charge in [-0.2, -0.15) is 0 Å². The van der Waals surface area contributed by atoms with E-state index in [-0.39, 0.29) is 0 Å². The molecule has 0 heterocycles. The van der Waals surface area contributed by atoms with Crippen LogP contribution in [0.15, 0.2) is 42.5 Å². The van der Waals surface area contributed by atoms with Crippen molar-refractivity contribution in [3.05, 3.63) is 59.2 Å². The van der Waals surface area contributed by atoms with Crippen molar-refractivity contribution in [2.24, 2.45) is 0 Å². The van der Waals surface area contributed by atoms with E-state index < -0.39 is 0 Å². The summed E-state index contributed by atoms with van der Waals surface area (Å²) in [5, 5.41) is 0.917. The molecular weight excluding hydrogens is 260 g/mol. The van der Waals surface area contributed by atoms with Gasteiger partial charge in [0.15, 0.2) is 0 Å². The Hall–Kier alpha value is -1.08. The predicted octanol–water partition coefficient (Wildman–Crippen LogP) is 4.87. The van der Waals surface area contributed by atoms with Crippen LogP contribution in [0.25, 0.3) is 11.1 Å². The average Bonchev–Trinajstić information content (AvgIpc) is 2.33. The van der Waals surface area contributed by atoms with Crippen molar-refractivity contribution in [1.82, 2.24) is 0 Å². The number of benzene rings is 2. The van der Waals surface area contributed by atoms with Crippen LogP contribution < -0.4 is 0 Å². The minimum Gasteiger partial charge on any atom is -0.0876 e. The Morgan fingerprint density at radius 2 is 1.44 bits per heavy atom. The van der Waals surface area contributed by atoms with E-state index in [0.717, 1.165) is 5.33 Å². The summed E-state index contributed by atoms with van der Waals surface area (Å²) in [7, 11) is 0. The highest BCUT2D eigenvalue weighted by Gasteiger charge is 1.99. The van der Waals surface area contributed by atoms with E-state index in [2.05, 4.69) is 72.2 Å². The lowest BCUT2D eigenvalue weighted by atomic mass is 10.00. The molecule has 0 unspecified atom stereocenters. The van der Waals surface area contributed by atoms with Gasteiger partial charge < -0.3 is 0 Å². The maximum atomic E-state index is 3.46. The number of alkyl halides is 1. The van der Waals surface area contributed by atoms with Gasteiger partial charge in [-0.25, -0.2) is 0 Å². The molecule has 0 saturated heterocycles. The Kier molecular flexibility index (Phi) is 3.45. The van der Waals surface area contributed by atoms with Gasteiger partial charge in [0.25, 0.3) is 0 Å². The molecule has 0 aliphatic carbocycles. The molecule has 2 rings (SSSR count). The lowest BCUT2D eigenvalue weighted by molar-refractivity contribution is 1.34. The van der Waals surface area contributed by atoms with Gasteiger partial charge in [-0.05, 0) is 41.7 Å². The maximum Gasteiger partial charge on any atom is 0.0283 e. The van der Waals surface area contributed by atoms with E-state index >= 15 is 0 Å². The highest BCUT2D eigenvalue weighted by Crippen LogP contribution is 2.22. The molecular formula is C15H15Br. The molecule has 2 aromatic carbocycles. The van der Waals surface area contributed by atoms with Crippen molar-refractivity contribution >= 4 is 15.9 Å². The number of rotatable bonds is 2. The molecule has 0 saturated carbocycles. The number of hydrogen-bond donors (Lipinski definition) is 0. The first-order valence-electron chi connectivity index (χ1n) is 5.43. The second kappa shape index (κ2) is 4.84. The van der Waals surface area contributed by atoms with Crippen molar-refractivity contribution in [2.45, 2.75) is 19.2 Å². The third kappa shape index (κ3) is 2.35. The van der Waals surface area contributed by atoms with Crippen LogP contribution in [-0.2, 0) is 5.33 Å². The van der Waals surface area contributed by atoms with Gasteiger partial charge in [0, 0.05) is 5.33 Å². The summed E-state index contributed by atoms with van der Waals surface area (Å²) in [5.41, 5.74) is 6.59. The molecule has 0 aromatic heterocycles. The topological polar surface area (TPSA) is 0 Å². The third-order valence-electron chi connectivity index (χ3n) is 2.95. The molecule has 82 valence electrons. The van der Waals surface area contributed by atoms with Crippen LogP contribution >= 0.6 is 15.9 Å². The molecule has 0 fully saturated rings. The second-order valence-electron chi connectivity index (χ2n) is 4.13. The standard InChI is InChI=1S/C15H15Br/c1-11-3-6-15(9-12(11)2)14-7-4-13(10-16)5-8-14/h3-9H,10H2,1-2H3. The normalized spacial score (nSPS) is 10.4. The molecule has 0 N–H and O–H groups in total. The van der Waals surface area contributed by atoms with E-state index in [4.69, 9.17) is 0 Å². The number of halogens is 1. The SMILES string of the molecule is Cc1ccc(-c2ccc(CBr)cc2)cc1C. The molecule has 0 nitrogen and oxygen atoms in total. The maximum absolute atomic E-state index is 3.46. The second-order valence-corrected chi connectivity index (χ2v) is 4.69. The van der Waals surface area contributed by atoms with Crippen LogP contribution in [0.2, 0.25) is 0 Å². The fourth-order valence-corrected chi connectivity index (χ4v) is 2.08. The molecule has 0 amide bonds. The first-order valence-corrected chi connectivity index (χ1v) is 6.55. The molecule has 0 aliphatic heterocycles. The summed E-state index contributed by atoms with van der Waals surface area (Å²) in [6, 6.07) is 15.3. The molecule has 0 bridgehead atoms. The Morgan fingerprint density at radius 3 is 2.00 bits per heavy atom. The summed E-state index contributed by atoms with van der Waals surface area (Å²) in [6.45, 7) is 4.30. The van der Waals surface area contributed by atoms with E-state index in [1.807, 2.05) is 0 Å². The van der Waals surface area contributed by atoms with E-state index in [9.17, 15) is 0 Å². The highest BCUT2D eigenvalue weighted by molar-refractivity contribution is 9.08. The van der Waals surface area contributed by atoms with Gasteiger partial charge in [0.2, 0.25) is 0 Å². The van der Waals surface area contributed by atoms with Gasteiger partial charge in [0.05, 0.1) is 0 Å². The fourth-order valence-electron chi connectivity index (χ4n) is 1.71. The first-order chi connectivity index (χ1) is 7.70. The molecule has 0 atom stereocenters. The van der Waals surface area contributed by atoms with E-state index in [0.29, 0.717) is 0 Å². The fraction of sp³-hybridized carbons (Fsp3) is 0.200. The van der Waals surface area contributed by atoms with Crippen LogP contribution in [0.5, 0.6) is 0 Å². The van der Waals surface area contributed by atoms with Gasteiger partial charge in [-0.1, -0.05) is 58.4 Å². The summed E-state index contributed by atoms with van der Waals surface area (Å²) < 4.78 is 0. The Morgan fingerprint density at radius 1 is 0.812 bits per heavy atom. The van der Waals surface area contributed by atoms with E-state index in [1.54, 1.807) is 0 Å². The Labute approximate surface area is 105 Å². The third-order valence-corrected chi connectivity index (χ3v) is 3.60. The summed E-state index contributed by atoms with van der Waals surface area (Å²) in [4.78, 5) is 0. The first kappa shape index (κ1) is 11.4. The van der Waals surface area contributed by atoms with Crippen LogP contribution in [0.1, 0.15) is 16.7 Å². The van der Waals surface area contributed by atoms with Gasteiger partial charge in [0.1, 0.15) is 0 Å². The predicted molar refractivity (Wildman–Crippen MR) is 74.0 cm³/mol. The zero-order chi connectivity index (χ0) is 11.5. The monoisotopic (exact) mass is 274 g/mol. The minimum absolute atomic E-state index is 0.917. The van der Waals surface area contributed by atoms with Crippen molar-refractivity contribution in [3.8, 4) is 11.1 Å². The van der Waals surface area contributed by atoms with Gasteiger partial charge in [-0.15, -0.1) is 0 Å². The molecule has 1 heteroatoms. The van der Waals surface area contributed by atoms with Gasteiger partial charge >= 0.3 is 0 Å². The lowest BCUT2D eigenvalue weighted by Crippen LogP contribution is -1.84. The minimum atomic E-state index is 0.917. The van der Waals surface area contributed by atoms with Crippen LogP contribution in [0, 0.1) is 13.8 Å². The highest BCUT2D eigenvalue weighted by atomic mass is 79.9. The summed E-state index contributed by atoms with van der Waals surface area (Å²) in [6.07, 6.45) is 0. The van der Waals surface area contributed by atoms with Crippen molar-refractivity contribution < 1.29 is 0 Å². The van der Waals surface area contributed by atoms with Crippen molar-refractivity contribution in [1.29, 1.82) is 0 Å². The Bertz CT molecular complexity index is 483. The van der Waals surface area contributed by atoms with Crippen molar-refractivity contribution in [3.63, 3.8) is 0 Å². The number of hydrogen-bond acceptors (Lipinski definition) is 0. The van der Waals surface area contributed by atoms with Crippen molar-refractivity contribution in [2.75, 3.05) is 0 Å². The number of aryl methyl sites for hydroxylation is 2. The zero-order valence-corrected chi connectivity index (χ0v) is 11.2.